The highest BCUT2D eigenvalue weighted by atomic mass is 16.7. The van der Waals surface area contributed by atoms with Crippen LogP contribution in [0.5, 0.6) is 5.75 Å². The first kappa shape index (κ1) is 19.8. The minimum atomic E-state index is -0.811. The van der Waals surface area contributed by atoms with Gasteiger partial charge in [0.2, 0.25) is 0 Å². The first-order valence-electron chi connectivity index (χ1n) is 10.0. The van der Waals surface area contributed by atoms with Crippen LogP contribution in [0.1, 0.15) is 22.3 Å². The molecule has 154 valence electrons. The number of aromatic nitrogens is 1. The molecule has 0 radical (unpaired) electrons. The highest BCUT2D eigenvalue weighted by molar-refractivity contribution is 5.94. The molecule has 2 aliphatic rings. The van der Waals surface area contributed by atoms with E-state index in [4.69, 9.17) is 14.2 Å². The lowest BCUT2D eigenvalue weighted by Crippen LogP contribution is -2.59. The standard InChI is InChI=1S/C22H27N3O4/c1-27-20-8-3-2-6-19(20)15-24-10-5-12-28-22(16-24)17-25(11-13-29-22)21(26)18-7-4-9-23-14-18/h2-4,6-9,14H,5,10-13,15-17H2,1H3. The average molecular weight is 397 g/mol. The Morgan fingerprint density at radius 1 is 1.14 bits per heavy atom. The maximum absolute atomic E-state index is 12.9. The lowest BCUT2D eigenvalue weighted by molar-refractivity contribution is -0.261. The van der Waals surface area contributed by atoms with E-state index in [1.54, 1.807) is 31.6 Å². The van der Waals surface area contributed by atoms with Gasteiger partial charge in [-0.15, -0.1) is 0 Å². The molecule has 2 fully saturated rings. The molecule has 2 aromatic rings. The van der Waals surface area contributed by atoms with Gasteiger partial charge in [-0.05, 0) is 24.6 Å². The van der Waals surface area contributed by atoms with E-state index in [9.17, 15) is 4.79 Å². The summed E-state index contributed by atoms with van der Waals surface area (Å²) in [6, 6.07) is 11.6. The van der Waals surface area contributed by atoms with Crippen LogP contribution in [0.2, 0.25) is 0 Å². The number of carbonyl (C=O) groups excluding carboxylic acids is 1. The zero-order chi connectivity index (χ0) is 20.1. The van der Waals surface area contributed by atoms with Gasteiger partial charge in [0.15, 0.2) is 5.79 Å². The van der Waals surface area contributed by atoms with Crippen LogP contribution in [0.3, 0.4) is 0 Å². The smallest absolute Gasteiger partial charge is 0.255 e. The number of carbonyl (C=O) groups is 1. The number of benzene rings is 1. The van der Waals surface area contributed by atoms with Crippen LogP contribution in [0, 0.1) is 0 Å². The summed E-state index contributed by atoms with van der Waals surface area (Å²) in [5.41, 5.74) is 1.72. The maximum Gasteiger partial charge on any atom is 0.255 e. The Hall–Kier alpha value is -2.48. The highest BCUT2D eigenvalue weighted by Gasteiger charge is 2.42. The maximum atomic E-state index is 12.9. The number of ether oxygens (including phenoxy) is 3. The van der Waals surface area contributed by atoms with Crippen LogP contribution in [-0.2, 0) is 16.0 Å². The zero-order valence-corrected chi connectivity index (χ0v) is 16.8. The van der Waals surface area contributed by atoms with Crippen molar-refractivity contribution in [2.24, 2.45) is 0 Å². The van der Waals surface area contributed by atoms with Crippen LogP contribution in [-0.4, -0.2) is 73.0 Å². The van der Waals surface area contributed by atoms with Crippen LogP contribution in [0.15, 0.2) is 48.8 Å². The Kier molecular flexibility index (Phi) is 6.08. The Labute approximate surface area is 171 Å². The summed E-state index contributed by atoms with van der Waals surface area (Å²) in [4.78, 5) is 21.1. The van der Waals surface area contributed by atoms with Gasteiger partial charge >= 0.3 is 0 Å². The Morgan fingerprint density at radius 2 is 2.00 bits per heavy atom. The third-order valence-electron chi connectivity index (χ3n) is 5.39. The lowest BCUT2D eigenvalue weighted by atomic mass is 10.1. The molecule has 0 saturated carbocycles. The van der Waals surface area contributed by atoms with Crippen LogP contribution in [0.4, 0.5) is 0 Å². The average Bonchev–Trinajstić information content (AvgIpc) is 2.96. The number of para-hydroxylation sites is 1. The van der Waals surface area contributed by atoms with Gasteiger partial charge in [0.25, 0.3) is 5.91 Å². The molecule has 4 rings (SSSR count). The van der Waals surface area contributed by atoms with Crippen molar-refractivity contribution in [3.63, 3.8) is 0 Å². The van der Waals surface area contributed by atoms with Crippen molar-refractivity contribution in [1.82, 2.24) is 14.8 Å². The van der Waals surface area contributed by atoms with Crippen LogP contribution >= 0.6 is 0 Å². The third kappa shape index (κ3) is 4.58. The molecule has 0 bridgehead atoms. The van der Waals surface area contributed by atoms with Gasteiger partial charge < -0.3 is 19.1 Å². The second kappa shape index (κ2) is 8.90. The zero-order valence-electron chi connectivity index (χ0n) is 16.8. The molecule has 1 atom stereocenters. The molecular weight excluding hydrogens is 370 g/mol. The summed E-state index contributed by atoms with van der Waals surface area (Å²) >= 11 is 0. The molecule has 1 aromatic carbocycles. The summed E-state index contributed by atoms with van der Waals surface area (Å²) in [5, 5.41) is 0. The largest absolute Gasteiger partial charge is 0.496 e. The lowest BCUT2D eigenvalue weighted by Gasteiger charge is -2.43. The van der Waals surface area contributed by atoms with Crippen molar-refractivity contribution >= 4 is 5.91 Å². The number of nitrogens with zero attached hydrogens (tertiary/aromatic N) is 3. The fraction of sp³-hybridized carbons (Fsp3) is 0.455. The Balaban J connectivity index is 1.49. The number of pyridine rings is 1. The van der Waals surface area contributed by atoms with Gasteiger partial charge in [-0.3, -0.25) is 14.7 Å². The van der Waals surface area contributed by atoms with Gasteiger partial charge in [-0.25, -0.2) is 0 Å². The fourth-order valence-electron chi connectivity index (χ4n) is 4.01. The second-order valence-corrected chi connectivity index (χ2v) is 7.45. The SMILES string of the molecule is COc1ccccc1CN1CCCOC2(C1)CN(C(=O)c1cccnc1)CCO2. The van der Waals surface area contributed by atoms with Crippen molar-refractivity contribution in [3.05, 3.63) is 59.9 Å². The summed E-state index contributed by atoms with van der Waals surface area (Å²) in [6.07, 6.45) is 4.19. The summed E-state index contributed by atoms with van der Waals surface area (Å²) in [5.74, 6) is 0.0313. The summed E-state index contributed by atoms with van der Waals surface area (Å²) in [7, 11) is 1.69. The number of hydrogen-bond acceptors (Lipinski definition) is 6. The summed E-state index contributed by atoms with van der Waals surface area (Å²) < 4.78 is 17.8. The van der Waals surface area contributed by atoms with Crippen LogP contribution in [0.25, 0.3) is 0 Å². The number of morpholine rings is 1. The minimum Gasteiger partial charge on any atom is -0.496 e. The molecule has 0 aliphatic carbocycles. The van der Waals surface area contributed by atoms with Gasteiger partial charge in [0.05, 0.1) is 39.0 Å². The molecular formula is C22H27N3O4. The first-order chi connectivity index (χ1) is 14.2. The molecule has 1 spiro atoms. The molecule has 1 unspecified atom stereocenters. The second-order valence-electron chi connectivity index (χ2n) is 7.45. The highest BCUT2D eigenvalue weighted by Crippen LogP contribution is 2.27. The van der Waals surface area contributed by atoms with E-state index in [1.165, 1.54) is 0 Å². The van der Waals surface area contributed by atoms with E-state index in [0.717, 1.165) is 30.8 Å². The number of rotatable bonds is 4. The summed E-state index contributed by atoms with van der Waals surface area (Å²) in [6.45, 7) is 4.26. The van der Waals surface area contributed by atoms with Crippen molar-refractivity contribution in [2.75, 3.05) is 46.5 Å². The topological polar surface area (TPSA) is 64.1 Å². The van der Waals surface area contributed by atoms with Crippen molar-refractivity contribution in [3.8, 4) is 5.75 Å². The normalized spacial score (nSPS) is 23.0. The molecule has 0 N–H and O–H groups in total. The fourth-order valence-corrected chi connectivity index (χ4v) is 4.01. The molecule has 2 saturated heterocycles. The third-order valence-corrected chi connectivity index (χ3v) is 5.39. The predicted molar refractivity (Wildman–Crippen MR) is 108 cm³/mol. The first-order valence-corrected chi connectivity index (χ1v) is 10.0. The van der Waals surface area contributed by atoms with E-state index in [1.807, 2.05) is 23.1 Å². The predicted octanol–water partition coefficient (Wildman–Crippen LogP) is 2.18. The molecule has 1 amide bonds. The van der Waals surface area contributed by atoms with E-state index in [0.29, 0.717) is 38.4 Å². The van der Waals surface area contributed by atoms with Gasteiger partial charge in [-0.2, -0.15) is 0 Å². The molecule has 3 heterocycles. The van der Waals surface area contributed by atoms with E-state index < -0.39 is 5.79 Å². The van der Waals surface area contributed by atoms with Gasteiger partial charge in [0.1, 0.15) is 5.75 Å². The number of amides is 1. The quantitative estimate of drug-likeness (QED) is 0.788. The minimum absolute atomic E-state index is 0.0371. The molecule has 29 heavy (non-hydrogen) atoms. The van der Waals surface area contributed by atoms with E-state index in [2.05, 4.69) is 16.0 Å². The van der Waals surface area contributed by atoms with Crippen molar-refractivity contribution < 1.29 is 19.0 Å². The molecule has 7 nitrogen and oxygen atoms in total. The Bertz CT molecular complexity index is 832. The molecule has 2 aliphatic heterocycles. The van der Waals surface area contributed by atoms with Crippen LogP contribution < -0.4 is 4.74 Å². The number of hydrogen-bond donors (Lipinski definition) is 0. The monoisotopic (exact) mass is 397 g/mol. The van der Waals surface area contributed by atoms with E-state index in [-0.39, 0.29) is 5.91 Å². The van der Waals surface area contributed by atoms with Gasteiger partial charge in [0, 0.05) is 37.6 Å². The molecule has 7 heteroatoms. The number of methoxy groups -OCH3 is 1. The Morgan fingerprint density at radius 3 is 2.83 bits per heavy atom. The van der Waals surface area contributed by atoms with E-state index >= 15 is 0 Å². The molecule has 1 aromatic heterocycles. The van der Waals surface area contributed by atoms with Gasteiger partial charge in [-0.1, -0.05) is 18.2 Å². The van der Waals surface area contributed by atoms with Crippen molar-refractivity contribution in [2.45, 2.75) is 18.8 Å². The van der Waals surface area contributed by atoms with Crippen molar-refractivity contribution in [1.29, 1.82) is 0 Å².